The van der Waals surface area contributed by atoms with Crippen LogP contribution in [0.25, 0.3) is 0 Å². The van der Waals surface area contributed by atoms with E-state index in [4.69, 9.17) is 0 Å². The molecule has 1 saturated heterocycles. The Kier molecular flexibility index (Phi) is 4.22. The molecular weight excluding hydrogens is 292 g/mol. The van der Waals surface area contributed by atoms with Crippen molar-refractivity contribution in [3.63, 3.8) is 0 Å². The van der Waals surface area contributed by atoms with Gasteiger partial charge in [-0.25, -0.2) is 9.97 Å². The predicted octanol–water partition coefficient (Wildman–Crippen LogP) is 2.60. The van der Waals surface area contributed by atoms with Crippen molar-refractivity contribution >= 4 is 21.9 Å². The quantitative estimate of drug-likeness (QED) is 0.931. The van der Waals surface area contributed by atoms with Crippen LogP contribution < -0.4 is 10.2 Å². The number of anilines is 1. The Labute approximate surface area is 117 Å². The third-order valence-corrected chi connectivity index (χ3v) is 3.52. The lowest BCUT2D eigenvalue weighted by Gasteiger charge is -2.29. The number of rotatable bonds is 3. The Morgan fingerprint density at radius 3 is 2.67 bits per heavy atom. The van der Waals surface area contributed by atoms with Crippen molar-refractivity contribution in [3.05, 3.63) is 16.9 Å². The normalized spacial score (nSPS) is 20.4. The molecule has 5 heteroatoms. The topological polar surface area (TPSA) is 41.0 Å². The van der Waals surface area contributed by atoms with Gasteiger partial charge in [0.25, 0.3) is 0 Å². The zero-order valence-corrected chi connectivity index (χ0v) is 12.9. The third-order valence-electron chi connectivity index (χ3n) is 3.11. The Hall–Kier alpha value is -0.680. The van der Waals surface area contributed by atoms with Gasteiger partial charge in [-0.15, -0.1) is 0 Å². The molecule has 18 heavy (non-hydrogen) atoms. The van der Waals surface area contributed by atoms with E-state index >= 15 is 0 Å². The minimum Gasteiger partial charge on any atom is -0.337 e. The third kappa shape index (κ3) is 3.65. The molecule has 4 nitrogen and oxygen atoms in total. The van der Waals surface area contributed by atoms with Crippen molar-refractivity contribution in [3.8, 4) is 0 Å². The zero-order valence-electron chi connectivity index (χ0n) is 11.3. The Morgan fingerprint density at radius 1 is 1.39 bits per heavy atom. The van der Waals surface area contributed by atoms with Crippen LogP contribution in [0.15, 0.2) is 16.9 Å². The highest BCUT2D eigenvalue weighted by Crippen LogP contribution is 2.22. The highest BCUT2D eigenvalue weighted by molar-refractivity contribution is 9.10. The first-order chi connectivity index (χ1) is 8.46. The van der Waals surface area contributed by atoms with Crippen LogP contribution >= 0.6 is 15.9 Å². The van der Waals surface area contributed by atoms with Crippen LogP contribution in [0.2, 0.25) is 0 Å². The zero-order chi connectivity index (χ0) is 13.2. The minimum atomic E-state index is 0.162. The first-order valence-corrected chi connectivity index (χ1v) is 7.24. The molecule has 0 amide bonds. The monoisotopic (exact) mass is 312 g/mol. The molecule has 0 saturated carbocycles. The maximum Gasteiger partial charge on any atom is 0.225 e. The number of nitrogens with zero attached hydrogens (tertiary/aromatic N) is 3. The van der Waals surface area contributed by atoms with Gasteiger partial charge in [-0.1, -0.05) is 0 Å². The molecule has 1 unspecified atom stereocenters. The van der Waals surface area contributed by atoms with Crippen molar-refractivity contribution in [2.45, 2.75) is 45.2 Å². The van der Waals surface area contributed by atoms with Crippen LogP contribution in [0, 0.1) is 0 Å². The number of nitrogens with one attached hydrogen (secondary N) is 1. The molecule has 1 N–H and O–H groups in total. The molecule has 1 atom stereocenters. The van der Waals surface area contributed by atoms with E-state index in [1.54, 1.807) is 0 Å². The summed E-state index contributed by atoms with van der Waals surface area (Å²) in [7, 11) is 0. The summed E-state index contributed by atoms with van der Waals surface area (Å²) < 4.78 is 0.926. The summed E-state index contributed by atoms with van der Waals surface area (Å²) in [5, 5.41) is 3.57. The highest BCUT2D eigenvalue weighted by atomic mass is 79.9. The largest absolute Gasteiger partial charge is 0.337 e. The van der Waals surface area contributed by atoms with E-state index in [0.29, 0.717) is 6.04 Å². The summed E-state index contributed by atoms with van der Waals surface area (Å²) in [6.45, 7) is 8.63. The molecule has 0 spiro atoms. The van der Waals surface area contributed by atoms with Crippen molar-refractivity contribution in [1.82, 2.24) is 15.3 Å². The lowest BCUT2D eigenvalue weighted by atomic mass is 10.1. The first kappa shape index (κ1) is 13.7. The molecule has 1 aromatic heterocycles. The Bertz CT molecular complexity index is 385. The molecule has 1 aliphatic rings. The number of hydrogen-bond acceptors (Lipinski definition) is 4. The van der Waals surface area contributed by atoms with Crippen molar-refractivity contribution in [2.75, 3.05) is 18.0 Å². The van der Waals surface area contributed by atoms with E-state index in [1.165, 1.54) is 12.8 Å². The fraction of sp³-hybridized carbons (Fsp3) is 0.692. The molecule has 0 aromatic carbocycles. The highest BCUT2D eigenvalue weighted by Gasteiger charge is 2.27. The van der Waals surface area contributed by atoms with Crippen molar-refractivity contribution in [1.29, 1.82) is 0 Å². The smallest absolute Gasteiger partial charge is 0.225 e. The van der Waals surface area contributed by atoms with Gasteiger partial charge >= 0.3 is 0 Å². The molecule has 0 radical (unpaired) electrons. The summed E-state index contributed by atoms with van der Waals surface area (Å²) in [5.41, 5.74) is 0.162. The van der Waals surface area contributed by atoms with Gasteiger partial charge in [0.1, 0.15) is 0 Å². The summed E-state index contributed by atoms with van der Waals surface area (Å²) in [6, 6.07) is 0.505. The molecule has 0 bridgehead atoms. The second kappa shape index (κ2) is 5.53. The summed E-state index contributed by atoms with van der Waals surface area (Å²) in [5.74, 6) is 0.844. The fourth-order valence-electron chi connectivity index (χ4n) is 2.19. The van der Waals surface area contributed by atoms with Gasteiger partial charge in [-0.2, -0.15) is 0 Å². The number of halogens is 1. The molecular formula is C13H21BrN4. The van der Waals surface area contributed by atoms with Gasteiger partial charge in [0.15, 0.2) is 0 Å². The van der Waals surface area contributed by atoms with Gasteiger partial charge in [0, 0.05) is 37.1 Å². The number of hydrogen-bond donors (Lipinski definition) is 1. The average molecular weight is 313 g/mol. The number of aromatic nitrogens is 2. The Morgan fingerprint density at radius 2 is 2.06 bits per heavy atom. The van der Waals surface area contributed by atoms with Crippen LogP contribution in [-0.4, -0.2) is 34.6 Å². The van der Waals surface area contributed by atoms with Gasteiger partial charge in [-0.05, 0) is 49.5 Å². The van der Waals surface area contributed by atoms with Gasteiger partial charge in [0.2, 0.25) is 5.95 Å². The molecule has 1 aromatic rings. The molecule has 1 fully saturated rings. The summed E-state index contributed by atoms with van der Waals surface area (Å²) in [6.07, 6.45) is 6.06. The van der Waals surface area contributed by atoms with Crippen molar-refractivity contribution in [2.24, 2.45) is 0 Å². The second-order valence-electron chi connectivity index (χ2n) is 5.82. The van der Waals surface area contributed by atoms with Gasteiger partial charge in [-0.3, -0.25) is 0 Å². The van der Waals surface area contributed by atoms with Crippen LogP contribution in [0.5, 0.6) is 0 Å². The molecule has 1 aliphatic heterocycles. The van der Waals surface area contributed by atoms with Crippen LogP contribution in [-0.2, 0) is 0 Å². The molecule has 100 valence electrons. The lowest BCUT2D eigenvalue weighted by molar-refractivity contribution is 0.404. The maximum atomic E-state index is 4.40. The SMILES string of the molecule is CC(C)(C)NCC1CCCN1c1ncc(Br)cn1. The van der Waals surface area contributed by atoms with E-state index in [2.05, 4.69) is 56.9 Å². The second-order valence-corrected chi connectivity index (χ2v) is 6.74. The van der Waals surface area contributed by atoms with E-state index < -0.39 is 0 Å². The standard InChI is InChI=1S/C13H21BrN4/c1-13(2,3)17-9-11-5-4-6-18(11)12-15-7-10(14)8-16-12/h7-8,11,17H,4-6,9H2,1-3H3. The van der Waals surface area contributed by atoms with Crippen molar-refractivity contribution < 1.29 is 0 Å². The molecule has 2 heterocycles. The van der Waals surface area contributed by atoms with E-state index in [9.17, 15) is 0 Å². The van der Waals surface area contributed by atoms with Crippen LogP contribution in [0.1, 0.15) is 33.6 Å². The lowest BCUT2D eigenvalue weighted by Crippen LogP contribution is -2.45. The van der Waals surface area contributed by atoms with Crippen LogP contribution in [0.3, 0.4) is 0 Å². The summed E-state index contributed by atoms with van der Waals surface area (Å²) in [4.78, 5) is 11.1. The van der Waals surface area contributed by atoms with E-state index in [-0.39, 0.29) is 5.54 Å². The minimum absolute atomic E-state index is 0.162. The fourth-order valence-corrected chi connectivity index (χ4v) is 2.39. The van der Waals surface area contributed by atoms with Gasteiger partial charge < -0.3 is 10.2 Å². The predicted molar refractivity (Wildman–Crippen MR) is 77.9 cm³/mol. The van der Waals surface area contributed by atoms with Gasteiger partial charge in [0.05, 0.1) is 4.47 Å². The maximum absolute atomic E-state index is 4.40. The first-order valence-electron chi connectivity index (χ1n) is 6.45. The average Bonchev–Trinajstić information content (AvgIpc) is 2.75. The van der Waals surface area contributed by atoms with E-state index in [0.717, 1.165) is 23.5 Å². The molecule has 2 rings (SSSR count). The summed E-state index contributed by atoms with van der Waals surface area (Å²) >= 11 is 3.37. The van der Waals surface area contributed by atoms with Crippen LogP contribution in [0.4, 0.5) is 5.95 Å². The Balaban J connectivity index is 2.01. The van der Waals surface area contributed by atoms with E-state index in [1.807, 2.05) is 12.4 Å². The molecule has 0 aliphatic carbocycles.